The number of aryl methyl sites for hydroxylation is 1. The molecule has 3 rings (SSSR count). The largest absolute Gasteiger partial charge is 0.461 e. The predicted molar refractivity (Wildman–Crippen MR) is 96.5 cm³/mol. The van der Waals surface area contributed by atoms with E-state index >= 15 is 0 Å². The monoisotopic (exact) mass is 376 g/mol. The number of carbonyl (C=O) groups is 1. The van der Waals surface area contributed by atoms with Crippen LogP contribution < -0.4 is 5.32 Å². The molecule has 130 valence electrons. The molecule has 0 radical (unpaired) electrons. The Morgan fingerprint density at radius 2 is 2.32 bits per heavy atom. The molecule has 0 fully saturated rings. The maximum atomic E-state index is 12.3. The zero-order valence-corrected chi connectivity index (χ0v) is 15.3. The molecule has 1 unspecified atom stereocenters. The average molecular weight is 376 g/mol. The number of hydrogen-bond acceptors (Lipinski definition) is 8. The van der Waals surface area contributed by atoms with Crippen LogP contribution in [-0.4, -0.2) is 36.1 Å². The van der Waals surface area contributed by atoms with Crippen molar-refractivity contribution in [1.82, 2.24) is 25.0 Å². The van der Waals surface area contributed by atoms with E-state index in [1.165, 1.54) is 23.1 Å². The van der Waals surface area contributed by atoms with E-state index in [0.29, 0.717) is 28.4 Å². The Bertz CT molecular complexity index is 871. The van der Waals surface area contributed by atoms with Crippen molar-refractivity contribution in [1.29, 1.82) is 0 Å². The number of anilines is 1. The van der Waals surface area contributed by atoms with Crippen LogP contribution in [0.2, 0.25) is 0 Å². The molecule has 3 heterocycles. The van der Waals surface area contributed by atoms with Gasteiger partial charge in [0.25, 0.3) is 0 Å². The maximum absolute atomic E-state index is 12.3. The van der Waals surface area contributed by atoms with Gasteiger partial charge in [0.2, 0.25) is 16.9 Å². The number of carbonyl (C=O) groups excluding carboxylic acids is 1. The first-order valence-electron chi connectivity index (χ1n) is 7.44. The molecule has 10 heteroatoms. The van der Waals surface area contributed by atoms with Gasteiger partial charge in [-0.25, -0.2) is 0 Å². The van der Waals surface area contributed by atoms with Crippen LogP contribution in [0.15, 0.2) is 40.6 Å². The molecular formula is C15H16N6O2S2. The van der Waals surface area contributed by atoms with Crippen LogP contribution in [0.5, 0.6) is 0 Å². The predicted octanol–water partition coefficient (Wildman–Crippen LogP) is 3.00. The van der Waals surface area contributed by atoms with Crippen molar-refractivity contribution in [3.8, 4) is 11.6 Å². The number of nitrogens with zero attached hydrogens (tertiary/aromatic N) is 5. The summed E-state index contributed by atoms with van der Waals surface area (Å²) in [7, 11) is 0. The summed E-state index contributed by atoms with van der Waals surface area (Å²) in [5.41, 5.74) is 0. The Kier molecular flexibility index (Phi) is 5.29. The zero-order chi connectivity index (χ0) is 17.8. The lowest BCUT2D eigenvalue weighted by Gasteiger charge is -2.11. The van der Waals surface area contributed by atoms with E-state index in [1.807, 2.05) is 17.6 Å². The van der Waals surface area contributed by atoms with Gasteiger partial charge in [-0.15, -0.1) is 27.0 Å². The quantitative estimate of drug-likeness (QED) is 0.500. The Balaban J connectivity index is 1.75. The van der Waals surface area contributed by atoms with Crippen LogP contribution in [0.1, 0.15) is 11.9 Å². The van der Waals surface area contributed by atoms with Gasteiger partial charge in [-0.2, -0.15) is 0 Å². The van der Waals surface area contributed by atoms with Crippen molar-refractivity contribution >= 4 is 34.1 Å². The van der Waals surface area contributed by atoms with Crippen LogP contribution in [0.4, 0.5) is 5.13 Å². The van der Waals surface area contributed by atoms with Crippen LogP contribution >= 0.6 is 23.1 Å². The van der Waals surface area contributed by atoms with E-state index in [2.05, 4.69) is 32.3 Å². The lowest BCUT2D eigenvalue weighted by molar-refractivity contribution is -0.115. The Labute approximate surface area is 152 Å². The molecule has 0 saturated carbocycles. The molecule has 25 heavy (non-hydrogen) atoms. The van der Waals surface area contributed by atoms with Crippen molar-refractivity contribution < 1.29 is 9.21 Å². The normalized spacial score (nSPS) is 12.1. The van der Waals surface area contributed by atoms with E-state index in [-0.39, 0.29) is 11.2 Å². The molecular weight excluding hydrogens is 360 g/mol. The van der Waals surface area contributed by atoms with Crippen LogP contribution in [0.3, 0.4) is 0 Å². The number of amides is 1. The van der Waals surface area contributed by atoms with Gasteiger partial charge in [-0.3, -0.25) is 14.7 Å². The van der Waals surface area contributed by atoms with Crippen LogP contribution in [0, 0.1) is 6.92 Å². The highest BCUT2D eigenvalue weighted by Crippen LogP contribution is 2.28. The number of furan rings is 1. The second-order valence-electron chi connectivity index (χ2n) is 5.06. The zero-order valence-electron chi connectivity index (χ0n) is 13.7. The molecule has 0 spiro atoms. The Hall–Kier alpha value is -2.46. The van der Waals surface area contributed by atoms with Gasteiger partial charge in [-0.05, 0) is 26.0 Å². The molecule has 0 aliphatic rings. The second kappa shape index (κ2) is 7.62. The molecule has 0 saturated heterocycles. The molecule has 0 aliphatic heterocycles. The van der Waals surface area contributed by atoms with Crippen LogP contribution in [0.25, 0.3) is 11.6 Å². The van der Waals surface area contributed by atoms with Crippen molar-refractivity contribution in [2.75, 3.05) is 5.32 Å². The lowest BCUT2D eigenvalue weighted by Crippen LogP contribution is -2.22. The van der Waals surface area contributed by atoms with E-state index in [9.17, 15) is 4.79 Å². The first-order valence-corrected chi connectivity index (χ1v) is 9.13. The first-order chi connectivity index (χ1) is 12.1. The topological polar surface area (TPSA) is 98.7 Å². The summed E-state index contributed by atoms with van der Waals surface area (Å²) in [6, 6.07) is 3.60. The van der Waals surface area contributed by atoms with E-state index in [4.69, 9.17) is 4.42 Å². The number of allylic oxidation sites excluding steroid dienone is 1. The van der Waals surface area contributed by atoms with E-state index < -0.39 is 0 Å². The molecule has 8 nitrogen and oxygen atoms in total. The highest BCUT2D eigenvalue weighted by atomic mass is 32.2. The van der Waals surface area contributed by atoms with Gasteiger partial charge in [0.15, 0.2) is 10.9 Å². The van der Waals surface area contributed by atoms with Gasteiger partial charge in [0.1, 0.15) is 5.01 Å². The molecule has 1 N–H and O–H groups in total. The molecule has 0 aromatic carbocycles. The summed E-state index contributed by atoms with van der Waals surface area (Å²) >= 11 is 2.64. The minimum atomic E-state index is -0.388. The first kappa shape index (κ1) is 17.4. The summed E-state index contributed by atoms with van der Waals surface area (Å²) < 4.78 is 7.25. The van der Waals surface area contributed by atoms with Gasteiger partial charge in [0, 0.05) is 6.54 Å². The smallest absolute Gasteiger partial charge is 0.239 e. The highest BCUT2D eigenvalue weighted by Gasteiger charge is 2.22. The minimum Gasteiger partial charge on any atom is -0.461 e. The van der Waals surface area contributed by atoms with E-state index in [0.717, 1.165) is 5.01 Å². The third kappa shape index (κ3) is 3.97. The van der Waals surface area contributed by atoms with Crippen molar-refractivity contribution in [3.05, 3.63) is 36.1 Å². The summed E-state index contributed by atoms with van der Waals surface area (Å²) in [5, 5.41) is 20.4. The average Bonchev–Trinajstić information content (AvgIpc) is 3.30. The SMILES string of the molecule is C=CCn1c(SC(C)C(=O)Nc2nnc(C)s2)nnc1-c1ccco1. The third-order valence-electron chi connectivity index (χ3n) is 3.18. The van der Waals surface area contributed by atoms with Gasteiger partial charge in [-0.1, -0.05) is 29.2 Å². The molecule has 3 aromatic rings. The highest BCUT2D eigenvalue weighted by molar-refractivity contribution is 8.00. The van der Waals surface area contributed by atoms with Gasteiger partial charge >= 0.3 is 0 Å². The molecule has 3 aromatic heterocycles. The summed E-state index contributed by atoms with van der Waals surface area (Å²) in [4.78, 5) is 12.3. The van der Waals surface area contributed by atoms with Gasteiger partial charge < -0.3 is 4.42 Å². The molecule has 1 amide bonds. The second-order valence-corrected chi connectivity index (χ2v) is 7.55. The fourth-order valence-corrected chi connectivity index (χ4v) is 3.48. The van der Waals surface area contributed by atoms with Crippen molar-refractivity contribution in [2.45, 2.75) is 30.8 Å². The molecule has 0 bridgehead atoms. The summed E-state index contributed by atoms with van der Waals surface area (Å²) in [6.45, 7) is 7.90. The Morgan fingerprint density at radius 3 is 2.96 bits per heavy atom. The standard InChI is InChI=1S/C15H16N6O2S2/c1-4-7-21-12(11-6-5-8-23-11)18-20-15(21)24-9(2)13(22)16-14-19-17-10(3)25-14/h4-6,8-9H,1,7H2,2-3H3,(H,16,19,22). The number of thioether (sulfide) groups is 1. The van der Waals surface area contributed by atoms with Gasteiger partial charge in [0.05, 0.1) is 11.5 Å². The Morgan fingerprint density at radius 1 is 1.48 bits per heavy atom. The van der Waals surface area contributed by atoms with E-state index in [1.54, 1.807) is 25.3 Å². The third-order valence-corrected chi connectivity index (χ3v) is 5.01. The van der Waals surface area contributed by atoms with Crippen LogP contribution in [-0.2, 0) is 11.3 Å². The number of rotatable bonds is 7. The number of aromatic nitrogens is 5. The molecule has 1 atom stereocenters. The lowest BCUT2D eigenvalue weighted by atomic mass is 10.4. The van der Waals surface area contributed by atoms with Crippen molar-refractivity contribution in [3.63, 3.8) is 0 Å². The molecule has 0 aliphatic carbocycles. The number of nitrogens with one attached hydrogen (secondary N) is 1. The fourth-order valence-electron chi connectivity index (χ4n) is 2.02. The minimum absolute atomic E-state index is 0.172. The fraction of sp³-hybridized carbons (Fsp3) is 0.267. The summed E-state index contributed by atoms with van der Waals surface area (Å²) in [5.74, 6) is 1.04. The van der Waals surface area contributed by atoms with Crippen molar-refractivity contribution in [2.24, 2.45) is 0 Å². The number of hydrogen-bond donors (Lipinski definition) is 1. The summed E-state index contributed by atoms with van der Waals surface area (Å²) in [6.07, 6.45) is 3.32. The maximum Gasteiger partial charge on any atom is 0.239 e.